The van der Waals surface area contributed by atoms with Gasteiger partial charge in [-0.3, -0.25) is 0 Å². The van der Waals surface area contributed by atoms with E-state index in [0.29, 0.717) is 18.2 Å². The molecule has 7 heteroatoms. The van der Waals surface area contributed by atoms with Crippen molar-refractivity contribution < 1.29 is 14.2 Å². The Morgan fingerprint density at radius 3 is 2.96 bits per heavy atom. The van der Waals surface area contributed by atoms with E-state index in [9.17, 15) is 0 Å². The molecule has 0 radical (unpaired) electrons. The molecule has 1 N–H and O–H groups in total. The van der Waals surface area contributed by atoms with Gasteiger partial charge in [-0.1, -0.05) is 22.7 Å². The fourth-order valence-corrected chi connectivity index (χ4v) is 3.66. The topological polar surface area (TPSA) is 56.3 Å². The van der Waals surface area contributed by atoms with Gasteiger partial charge >= 0.3 is 5.88 Å². The SMILES string of the molecule is C#CCNc1nncc2c1=C1C3=C(C=C(OC)[N+]1(OC)C=2)CCC=C3.Cl. The van der Waals surface area contributed by atoms with Crippen molar-refractivity contribution in [3.05, 3.63) is 51.9 Å². The van der Waals surface area contributed by atoms with Crippen molar-refractivity contribution in [2.75, 3.05) is 26.1 Å². The van der Waals surface area contributed by atoms with Crippen molar-refractivity contribution in [3.8, 4) is 12.3 Å². The molecule has 1 aliphatic carbocycles. The van der Waals surface area contributed by atoms with Gasteiger partial charge in [0.05, 0.1) is 37.4 Å². The third-order valence-electron chi connectivity index (χ3n) is 4.72. The Balaban J connectivity index is 0.00000196. The molecule has 26 heavy (non-hydrogen) atoms. The summed E-state index contributed by atoms with van der Waals surface area (Å²) in [5.74, 6) is 3.95. The summed E-state index contributed by atoms with van der Waals surface area (Å²) in [6.07, 6.45) is 17.5. The molecule has 1 aromatic heterocycles. The molecule has 0 aromatic carbocycles. The van der Waals surface area contributed by atoms with Gasteiger partial charge in [0, 0.05) is 11.6 Å². The number of terminal acetylenes is 1. The van der Waals surface area contributed by atoms with Crippen molar-refractivity contribution in [3.63, 3.8) is 0 Å². The second-order valence-corrected chi connectivity index (χ2v) is 5.97. The number of methoxy groups -OCH3 is 1. The monoisotopic (exact) mass is 371 g/mol. The first-order valence-electron chi connectivity index (χ1n) is 8.12. The van der Waals surface area contributed by atoms with E-state index in [4.69, 9.17) is 16.0 Å². The molecule has 1 aromatic rings. The molecule has 0 spiro atoms. The van der Waals surface area contributed by atoms with E-state index in [0.717, 1.165) is 34.5 Å². The van der Waals surface area contributed by atoms with E-state index in [1.165, 1.54) is 5.57 Å². The molecule has 4 rings (SSSR count). The normalized spacial score (nSPS) is 22.2. The number of fused-ring (bicyclic) bond motifs is 3. The van der Waals surface area contributed by atoms with Gasteiger partial charge in [0.1, 0.15) is 0 Å². The number of aromatic nitrogens is 2. The van der Waals surface area contributed by atoms with Crippen molar-refractivity contribution in [2.24, 2.45) is 0 Å². The number of ether oxygens (including phenoxy) is 1. The minimum Gasteiger partial charge on any atom is -0.452 e. The van der Waals surface area contributed by atoms with E-state index < -0.39 is 0 Å². The van der Waals surface area contributed by atoms with Gasteiger partial charge in [-0.25, -0.2) is 0 Å². The van der Waals surface area contributed by atoms with Crippen LogP contribution in [0.5, 0.6) is 0 Å². The third-order valence-corrected chi connectivity index (χ3v) is 4.72. The number of nitrogens with zero attached hydrogens (tertiary/aromatic N) is 3. The molecule has 3 heterocycles. The van der Waals surface area contributed by atoms with E-state index in [1.807, 2.05) is 6.20 Å². The quantitative estimate of drug-likeness (QED) is 0.639. The average molecular weight is 372 g/mol. The molecule has 0 bridgehead atoms. The number of hydrogen-bond donors (Lipinski definition) is 1. The number of anilines is 1. The predicted molar refractivity (Wildman–Crippen MR) is 101 cm³/mol. The maximum atomic E-state index is 5.96. The summed E-state index contributed by atoms with van der Waals surface area (Å²) in [5, 5.41) is 13.4. The van der Waals surface area contributed by atoms with E-state index in [-0.39, 0.29) is 17.1 Å². The Morgan fingerprint density at radius 1 is 1.38 bits per heavy atom. The zero-order valence-corrected chi connectivity index (χ0v) is 15.5. The van der Waals surface area contributed by atoms with Gasteiger partial charge in [-0.2, -0.15) is 9.94 Å². The minimum absolute atomic E-state index is 0. The smallest absolute Gasteiger partial charge is 0.335 e. The summed E-state index contributed by atoms with van der Waals surface area (Å²) in [6, 6.07) is 0. The first-order chi connectivity index (χ1) is 12.2. The highest BCUT2D eigenvalue weighted by atomic mass is 35.5. The highest BCUT2D eigenvalue weighted by Crippen LogP contribution is 2.43. The third kappa shape index (κ3) is 2.44. The molecular formula is C19H20ClN4O2+. The number of rotatable bonds is 4. The molecule has 1 atom stereocenters. The first-order valence-corrected chi connectivity index (χ1v) is 8.12. The van der Waals surface area contributed by atoms with Crippen LogP contribution in [-0.4, -0.2) is 35.6 Å². The lowest BCUT2D eigenvalue weighted by atomic mass is 9.91. The van der Waals surface area contributed by atoms with E-state index in [1.54, 1.807) is 20.4 Å². The van der Waals surface area contributed by atoms with Crippen molar-refractivity contribution >= 4 is 30.1 Å². The Labute approximate surface area is 158 Å². The van der Waals surface area contributed by atoms with Gasteiger partial charge in [0.25, 0.3) is 0 Å². The number of allylic oxidation sites excluding steroid dienone is 3. The highest BCUT2D eigenvalue weighted by molar-refractivity contribution is 5.85. The summed E-state index contributed by atoms with van der Waals surface area (Å²) in [5.41, 5.74) is 3.36. The van der Waals surface area contributed by atoms with Crippen LogP contribution in [-0.2, 0) is 9.57 Å². The fraction of sp³-hybridized carbons (Fsp3) is 0.263. The van der Waals surface area contributed by atoms with Crippen LogP contribution >= 0.6 is 12.4 Å². The molecule has 3 aliphatic rings. The predicted octanol–water partition coefficient (Wildman–Crippen LogP) is 1.33. The lowest BCUT2D eigenvalue weighted by Crippen LogP contribution is -2.42. The van der Waals surface area contributed by atoms with Crippen LogP contribution in [0.25, 0.3) is 11.9 Å². The van der Waals surface area contributed by atoms with Crippen molar-refractivity contribution in [1.29, 1.82) is 0 Å². The van der Waals surface area contributed by atoms with Crippen LogP contribution < -0.4 is 15.8 Å². The van der Waals surface area contributed by atoms with Crippen LogP contribution in [0.1, 0.15) is 12.8 Å². The molecule has 6 nitrogen and oxygen atoms in total. The molecule has 0 saturated heterocycles. The number of halogens is 1. The number of hydroxylamine groups is 3. The Morgan fingerprint density at radius 2 is 2.23 bits per heavy atom. The van der Waals surface area contributed by atoms with Crippen LogP contribution in [0, 0.1) is 12.3 Å². The Kier molecular flexibility index (Phi) is 4.88. The average Bonchev–Trinajstić information content (AvgIpc) is 3.02. The lowest BCUT2D eigenvalue weighted by molar-refractivity contribution is -0.962. The maximum absolute atomic E-state index is 5.96. The standard InChI is InChI=1S/C19H19N4O2.ClH/c1-4-9-20-19-17-14(11-21-22-19)12-23(25-3)16(24-2)10-13-7-5-6-8-15(13)18(17)23;/h1,6,8,10-12H,5,7,9H2,2-3H3,(H,20,22);1H/q+1;. The summed E-state index contributed by atoms with van der Waals surface area (Å²) in [6.45, 7) is 0.375. The zero-order chi connectivity index (χ0) is 17.4. The molecule has 0 saturated carbocycles. The van der Waals surface area contributed by atoms with Gasteiger partial charge in [-0.05, 0) is 18.4 Å². The van der Waals surface area contributed by atoms with Crippen molar-refractivity contribution in [1.82, 2.24) is 10.2 Å². The minimum atomic E-state index is 0. The van der Waals surface area contributed by atoms with E-state index in [2.05, 4.69) is 39.7 Å². The zero-order valence-electron chi connectivity index (χ0n) is 14.7. The molecule has 0 amide bonds. The molecule has 2 aliphatic heterocycles. The van der Waals surface area contributed by atoms with E-state index >= 15 is 0 Å². The second kappa shape index (κ2) is 6.96. The largest absolute Gasteiger partial charge is 0.452 e. The molecule has 1 unspecified atom stereocenters. The molecular weight excluding hydrogens is 352 g/mol. The van der Waals surface area contributed by atoms with Crippen molar-refractivity contribution in [2.45, 2.75) is 12.8 Å². The van der Waals surface area contributed by atoms with Gasteiger partial charge in [0.15, 0.2) is 17.7 Å². The van der Waals surface area contributed by atoms with Gasteiger partial charge in [-0.15, -0.1) is 23.9 Å². The first kappa shape index (κ1) is 18.2. The molecule has 0 fully saturated rings. The van der Waals surface area contributed by atoms with Crippen LogP contribution in [0.2, 0.25) is 0 Å². The van der Waals surface area contributed by atoms with Crippen LogP contribution in [0.4, 0.5) is 5.82 Å². The highest BCUT2D eigenvalue weighted by Gasteiger charge is 2.49. The van der Waals surface area contributed by atoms with Gasteiger partial charge in [0.2, 0.25) is 0 Å². The van der Waals surface area contributed by atoms with Gasteiger partial charge < -0.3 is 10.1 Å². The fourth-order valence-electron chi connectivity index (χ4n) is 3.66. The number of nitrogens with one attached hydrogen (secondary N) is 1. The summed E-state index contributed by atoms with van der Waals surface area (Å²) >= 11 is 0. The maximum Gasteiger partial charge on any atom is 0.335 e. The lowest BCUT2D eigenvalue weighted by Gasteiger charge is -2.34. The number of hydrogen-bond acceptors (Lipinski definition) is 5. The summed E-state index contributed by atoms with van der Waals surface area (Å²) in [4.78, 5) is 5.96. The summed E-state index contributed by atoms with van der Waals surface area (Å²) in [7, 11) is 3.33. The Bertz CT molecular complexity index is 1000. The van der Waals surface area contributed by atoms with Crippen LogP contribution in [0.15, 0.2) is 41.5 Å². The summed E-state index contributed by atoms with van der Waals surface area (Å²) < 4.78 is 5.75. The molecule has 134 valence electrons. The second-order valence-electron chi connectivity index (χ2n) is 5.97. The number of quaternary nitrogens is 1. The van der Waals surface area contributed by atoms with Crippen LogP contribution in [0.3, 0.4) is 0 Å². The Hall–Kier alpha value is -2.59.